The van der Waals surface area contributed by atoms with Crippen molar-refractivity contribution >= 4 is 16.4 Å². The van der Waals surface area contributed by atoms with Crippen LogP contribution in [-0.2, 0) is 14.7 Å². The van der Waals surface area contributed by atoms with Gasteiger partial charge in [0.05, 0.1) is 18.4 Å². The first-order valence-corrected chi connectivity index (χ1v) is 8.20. The summed E-state index contributed by atoms with van der Waals surface area (Å²) in [4.78, 5) is 18.0. The molecule has 2 bridgehead atoms. The van der Waals surface area contributed by atoms with E-state index in [1.165, 1.54) is 29.6 Å². The zero-order valence-corrected chi connectivity index (χ0v) is 12.9. The van der Waals surface area contributed by atoms with Gasteiger partial charge in [0.15, 0.2) is 5.69 Å². The maximum Gasteiger partial charge on any atom is 0.491 e. The summed E-state index contributed by atoms with van der Waals surface area (Å²) in [6, 6.07) is 0.423. The van der Waals surface area contributed by atoms with Crippen molar-refractivity contribution < 1.29 is 26.2 Å². The number of carbonyl (C=O) groups excluding carboxylic acids is 1. The second-order valence-electron chi connectivity index (χ2n) is 5.01. The first-order valence-electron chi connectivity index (χ1n) is 6.87. The first kappa shape index (κ1) is 14.7. The topological polar surface area (TPSA) is 120 Å². The molecule has 2 aliphatic heterocycles. The second kappa shape index (κ2) is 5.35. The maximum atomic E-state index is 12.0. The molecule has 0 radical (unpaired) electrons. The number of fused-ring (bicyclic) bond motifs is 2. The lowest BCUT2D eigenvalue weighted by Gasteiger charge is -2.17. The fraction of sp³-hybridized carbons (Fsp3) is 0.250. The van der Waals surface area contributed by atoms with Crippen LogP contribution in [0.1, 0.15) is 0 Å². The number of oxazole rings is 1. The van der Waals surface area contributed by atoms with E-state index in [-0.39, 0.29) is 11.6 Å². The van der Waals surface area contributed by atoms with Crippen LogP contribution < -0.4 is 4.28 Å². The predicted octanol–water partition coefficient (Wildman–Crippen LogP) is -0.181. The highest BCUT2D eigenvalue weighted by atomic mass is 32.3. The quantitative estimate of drug-likeness (QED) is 0.679. The number of carbonyl (C=O) groups is 1. The summed E-state index contributed by atoms with van der Waals surface area (Å²) in [6.45, 7) is 0.774. The normalized spacial score (nSPS) is 20.0. The Morgan fingerprint density at radius 2 is 2.21 bits per heavy atom. The monoisotopic (exact) mass is 353 g/mol. The van der Waals surface area contributed by atoms with E-state index in [1.807, 2.05) is 0 Å². The molecule has 1 saturated heterocycles. The highest BCUT2D eigenvalue weighted by molar-refractivity contribution is 7.82. The minimum atomic E-state index is -4.55. The molecular formula is C12H11N5O6S. The molecule has 0 aliphatic carbocycles. The van der Waals surface area contributed by atoms with Crippen LogP contribution in [0.15, 0.2) is 41.3 Å². The zero-order valence-electron chi connectivity index (χ0n) is 12.0. The highest BCUT2D eigenvalue weighted by Gasteiger charge is 2.42. The number of nitrogens with zero attached hydrogens (tertiary/aromatic N) is 5. The van der Waals surface area contributed by atoms with Gasteiger partial charge in [0.1, 0.15) is 6.26 Å². The molecule has 0 spiro atoms. The molecule has 1 fully saturated rings. The van der Waals surface area contributed by atoms with Gasteiger partial charge in [0.2, 0.25) is 5.89 Å². The minimum absolute atomic E-state index is 0.206. The summed E-state index contributed by atoms with van der Waals surface area (Å²) in [6.07, 6.45) is 7.49. The Morgan fingerprint density at radius 1 is 1.33 bits per heavy atom. The van der Waals surface area contributed by atoms with E-state index in [1.54, 1.807) is 12.2 Å². The molecular weight excluding hydrogens is 342 g/mol. The minimum Gasteiger partial charge on any atom is -0.443 e. The number of aromatic nitrogens is 3. The molecule has 1 unspecified atom stereocenters. The molecule has 4 heterocycles. The third-order valence-corrected chi connectivity index (χ3v) is 4.09. The smallest absolute Gasteiger partial charge is 0.443 e. The number of hydroxylamine groups is 2. The SMILES string of the molecule is O=C1N2CC=CC(C2)N1OS(=O)(=O)On1ccc(-c2ncco2)n1. The molecule has 0 saturated carbocycles. The third-order valence-electron chi connectivity index (χ3n) is 3.41. The standard InChI is InChI=1S/C12H11N5O6S/c18-12-15-5-1-2-9(8-15)17(12)23-24(19,20)22-16-6-3-10(14-16)11-13-4-7-21-11/h1-4,6-7,9H,5,8H2. The molecule has 4 rings (SSSR count). The van der Waals surface area contributed by atoms with Gasteiger partial charge in [-0.2, -0.15) is 13.5 Å². The van der Waals surface area contributed by atoms with Gasteiger partial charge in [-0.15, -0.1) is 9.38 Å². The molecule has 2 aromatic rings. The fourth-order valence-electron chi connectivity index (χ4n) is 2.40. The zero-order chi connectivity index (χ0) is 16.7. The van der Waals surface area contributed by atoms with Crippen LogP contribution in [0.4, 0.5) is 4.79 Å². The summed E-state index contributed by atoms with van der Waals surface area (Å²) >= 11 is 0. The highest BCUT2D eigenvalue weighted by Crippen LogP contribution is 2.22. The van der Waals surface area contributed by atoms with E-state index in [0.717, 1.165) is 5.06 Å². The molecule has 126 valence electrons. The fourth-order valence-corrected chi connectivity index (χ4v) is 3.07. The maximum absolute atomic E-state index is 12.0. The number of rotatable bonds is 5. The van der Waals surface area contributed by atoms with E-state index < -0.39 is 22.5 Å². The van der Waals surface area contributed by atoms with Crippen molar-refractivity contribution in [1.29, 1.82) is 0 Å². The third kappa shape index (κ3) is 2.61. The number of urea groups is 1. The number of hydrogen-bond acceptors (Lipinski definition) is 8. The van der Waals surface area contributed by atoms with Crippen LogP contribution in [0, 0.1) is 0 Å². The Balaban J connectivity index is 1.48. The number of amides is 2. The lowest BCUT2D eigenvalue weighted by Crippen LogP contribution is -2.38. The largest absolute Gasteiger partial charge is 0.491 e. The molecule has 12 heteroatoms. The van der Waals surface area contributed by atoms with Crippen LogP contribution in [0.5, 0.6) is 0 Å². The Kier molecular flexibility index (Phi) is 3.28. The molecule has 2 aliphatic rings. The van der Waals surface area contributed by atoms with E-state index >= 15 is 0 Å². The molecule has 2 amide bonds. The van der Waals surface area contributed by atoms with Crippen molar-refractivity contribution in [3.8, 4) is 11.6 Å². The van der Waals surface area contributed by atoms with Crippen LogP contribution in [-0.4, -0.2) is 58.5 Å². The molecule has 0 aromatic carbocycles. The van der Waals surface area contributed by atoms with E-state index in [0.29, 0.717) is 17.9 Å². The Hall–Kier alpha value is -2.86. The van der Waals surface area contributed by atoms with Gasteiger partial charge in [-0.3, -0.25) is 0 Å². The lowest BCUT2D eigenvalue weighted by atomic mass is 10.2. The lowest BCUT2D eigenvalue weighted by molar-refractivity contribution is -0.0262. The van der Waals surface area contributed by atoms with Crippen LogP contribution >= 0.6 is 0 Å². The van der Waals surface area contributed by atoms with Gasteiger partial charge in [0, 0.05) is 13.1 Å². The van der Waals surface area contributed by atoms with Crippen molar-refractivity contribution in [3.05, 3.63) is 36.9 Å². The molecule has 2 aromatic heterocycles. The van der Waals surface area contributed by atoms with E-state index in [4.69, 9.17) is 8.70 Å². The van der Waals surface area contributed by atoms with Gasteiger partial charge in [-0.05, 0) is 6.07 Å². The van der Waals surface area contributed by atoms with E-state index in [2.05, 4.69) is 14.4 Å². The van der Waals surface area contributed by atoms with Gasteiger partial charge >= 0.3 is 16.4 Å². The van der Waals surface area contributed by atoms with E-state index in [9.17, 15) is 13.2 Å². The number of hydrogen-bond donors (Lipinski definition) is 0. The van der Waals surface area contributed by atoms with Crippen molar-refractivity contribution in [2.75, 3.05) is 13.1 Å². The first-order chi connectivity index (χ1) is 11.5. The van der Waals surface area contributed by atoms with Crippen LogP contribution in [0.2, 0.25) is 0 Å². The molecule has 0 N–H and O–H groups in total. The van der Waals surface area contributed by atoms with Gasteiger partial charge < -0.3 is 9.32 Å². The Morgan fingerprint density at radius 3 is 2.96 bits per heavy atom. The average Bonchev–Trinajstić information content (AvgIpc) is 3.26. The van der Waals surface area contributed by atoms with Gasteiger partial charge in [-0.25, -0.2) is 14.1 Å². The summed E-state index contributed by atoms with van der Waals surface area (Å²) in [5.41, 5.74) is 0.275. The van der Waals surface area contributed by atoms with Crippen molar-refractivity contribution in [3.63, 3.8) is 0 Å². The second-order valence-corrected chi connectivity index (χ2v) is 6.12. The molecule has 11 nitrogen and oxygen atoms in total. The Labute approximate surface area is 135 Å². The summed E-state index contributed by atoms with van der Waals surface area (Å²) in [5, 5.41) is 4.61. The van der Waals surface area contributed by atoms with Crippen molar-refractivity contribution in [1.82, 2.24) is 24.9 Å². The van der Waals surface area contributed by atoms with Crippen LogP contribution in [0.25, 0.3) is 11.6 Å². The summed E-state index contributed by atoms with van der Waals surface area (Å²) in [5.74, 6) is 0.206. The summed E-state index contributed by atoms with van der Waals surface area (Å²) in [7, 11) is -4.55. The van der Waals surface area contributed by atoms with Gasteiger partial charge in [0.25, 0.3) is 0 Å². The average molecular weight is 353 g/mol. The Bertz CT molecular complexity index is 889. The van der Waals surface area contributed by atoms with Gasteiger partial charge in [-0.1, -0.05) is 17.0 Å². The van der Waals surface area contributed by atoms with Crippen LogP contribution in [0.3, 0.4) is 0 Å². The molecule has 24 heavy (non-hydrogen) atoms. The molecule has 1 atom stereocenters. The van der Waals surface area contributed by atoms with Crippen molar-refractivity contribution in [2.24, 2.45) is 0 Å². The predicted molar refractivity (Wildman–Crippen MR) is 76.0 cm³/mol. The summed E-state index contributed by atoms with van der Waals surface area (Å²) < 4.78 is 38.5. The van der Waals surface area contributed by atoms with Crippen molar-refractivity contribution in [2.45, 2.75) is 6.04 Å².